The highest BCUT2D eigenvalue weighted by atomic mass is 35.5. The van der Waals surface area contributed by atoms with Crippen molar-refractivity contribution in [1.82, 2.24) is 10.6 Å². The van der Waals surface area contributed by atoms with E-state index in [-0.39, 0.29) is 11.8 Å². The van der Waals surface area contributed by atoms with Gasteiger partial charge in [-0.25, -0.2) is 0 Å². The van der Waals surface area contributed by atoms with Crippen molar-refractivity contribution in [1.29, 1.82) is 0 Å². The molecule has 26 heavy (non-hydrogen) atoms. The maximum Gasteiger partial charge on any atom is 0.244 e. The van der Waals surface area contributed by atoms with Gasteiger partial charge in [-0.15, -0.1) is 0 Å². The molecule has 0 saturated carbocycles. The smallest absolute Gasteiger partial charge is 0.244 e. The van der Waals surface area contributed by atoms with Gasteiger partial charge in [0, 0.05) is 17.6 Å². The van der Waals surface area contributed by atoms with Crippen LogP contribution in [0.15, 0.2) is 54.6 Å². The lowest BCUT2D eigenvalue weighted by Crippen LogP contribution is -2.44. The first-order chi connectivity index (χ1) is 12.5. The van der Waals surface area contributed by atoms with E-state index in [1.165, 1.54) is 6.08 Å². The molecule has 2 rings (SSSR count). The summed E-state index contributed by atoms with van der Waals surface area (Å²) in [4.78, 5) is 24.0. The quantitative estimate of drug-likeness (QED) is 0.733. The van der Waals surface area contributed by atoms with Crippen LogP contribution in [0.2, 0.25) is 5.02 Å². The molecule has 0 spiro atoms. The van der Waals surface area contributed by atoms with Crippen LogP contribution in [-0.2, 0) is 16.1 Å². The Morgan fingerprint density at radius 2 is 1.77 bits per heavy atom. The molecule has 2 aromatic carbocycles. The van der Waals surface area contributed by atoms with E-state index in [0.717, 1.165) is 16.9 Å². The molecule has 1 unspecified atom stereocenters. The van der Waals surface area contributed by atoms with Crippen LogP contribution in [0.25, 0.3) is 6.08 Å². The van der Waals surface area contributed by atoms with Crippen LogP contribution in [0.3, 0.4) is 0 Å². The highest BCUT2D eigenvalue weighted by molar-refractivity contribution is 6.30. The summed E-state index contributed by atoms with van der Waals surface area (Å²) < 4.78 is 5.08. The van der Waals surface area contributed by atoms with E-state index in [4.69, 9.17) is 16.3 Å². The molecule has 0 aliphatic rings. The summed E-state index contributed by atoms with van der Waals surface area (Å²) in [5.41, 5.74) is 1.79. The Hall–Kier alpha value is -2.79. The largest absolute Gasteiger partial charge is 0.497 e. The number of nitrogens with one attached hydrogen (secondary N) is 2. The number of ether oxygens (including phenoxy) is 1. The maximum absolute atomic E-state index is 12.1. The fourth-order valence-corrected chi connectivity index (χ4v) is 2.28. The molecular weight excluding hydrogens is 352 g/mol. The predicted molar refractivity (Wildman–Crippen MR) is 103 cm³/mol. The summed E-state index contributed by atoms with van der Waals surface area (Å²) in [5, 5.41) is 6.05. The highest BCUT2D eigenvalue weighted by Gasteiger charge is 2.13. The molecule has 0 saturated heterocycles. The van der Waals surface area contributed by atoms with Crippen molar-refractivity contribution in [2.75, 3.05) is 7.11 Å². The number of halogens is 1. The Kier molecular flexibility index (Phi) is 7.24. The zero-order valence-electron chi connectivity index (χ0n) is 14.7. The van der Waals surface area contributed by atoms with Gasteiger partial charge in [0.1, 0.15) is 11.8 Å². The first-order valence-corrected chi connectivity index (χ1v) is 8.50. The van der Waals surface area contributed by atoms with Gasteiger partial charge >= 0.3 is 0 Å². The van der Waals surface area contributed by atoms with Crippen molar-refractivity contribution < 1.29 is 14.3 Å². The maximum atomic E-state index is 12.1. The molecule has 2 N–H and O–H groups in total. The van der Waals surface area contributed by atoms with Crippen LogP contribution in [0.1, 0.15) is 18.1 Å². The first-order valence-electron chi connectivity index (χ1n) is 8.12. The van der Waals surface area contributed by atoms with E-state index >= 15 is 0 Å². The normalized spacial score (nSPS) is 11.8. The summed E-state index contributed by atoms with van der Waals surface area (Å²) in [6.45, 7) is 2.01. The van der Waals surface area contributed by atoms with E-state index in [0.29, 0.717) is 11.6 Å². The van der Waals surface area contributed by atoms with Crippen molar-refractivity contribution in [3.05, 3.63) is 70.8 Å². The molecule has 0 heterocycles. The second-order valence-electron chi connectivity index (χ2n) is 5.68. The molecule has 6 heteroatoms. The lowest BCUT2D eigenvalue weighted by molar-refractivity contribution is -0.126. The molecule has 0 aromatic heterocycles. The van der Waals surface area contributed by atoms with Crippen LogP contribution in [0.4, 0.5) is 0 Å². The monoisotopic (exact) mass is 372 g/mol. The Balaban J connectivity index is 1.80. The molecule has 0 aliphatic carbocycles. The van der Waals surface area contributed by atoms with Crippen LogP contribution in [-0.4, -0.2) is 25.0 Å². The molecule has 2 aromatic rings. The summed E-state index contributed by atoms with van der Waals surface area (Å²) in [5.74, 6) is 0.152. The Morgan fingerprint density at radius 1 is 1.12 bits per heavy atom. The van der Waals surface area contributed by atoms with Gasteiger partial charge < -0.3 is 15.4 Å². The fourth-order valence-electron chi connectivity index (χ4n) is 2.16. The SMILES string of the molecule is COc1ccc(/C=C/C(=O)NC(C)C(=O)NCc2ccc(Cl)cc2)cc1. The molecule has 1 atom stereocenters. The van der Waals surface area contributed by atoms with E-state index < -0.39 is 6.04 Å². The fraction of sp³-hybridized carbons (Fsp3) is 0.200. The minimum Gasteiger partial charge on any atom is -0.497 e. The second kappa shape index (κ2) is 9.63. The van der Waals surface area contributed by atoms with Crippen LogP contribution >= 0.6 is 11.6 Å². The molecule has 0 bridgehead atoms. The zero-order chi connectivity index (χ0) is 18.9. The summed E-state index contributed by atoms with van der Waals surface area (Å²) in [7, 11) is 1.59. The minimum absolute atomic E-state index is 0.258. The molecule has 0 aliphatic heterocycles. The van der Waals surface area contributed by atoms with Gasteiger partial charge in [-0.3, -0.25) is 9.59 Å². The van der Waals surface area contributed by atoms with E-state index in [9.17, 15) is 9.59 Å². The number of hydrogen-bond acceptors (Lipinski definition) is 3. The van der Waals surface area contributed by atoms with Crippen molar-refractivity contribution in [2.24, 2.45) is 0 Å². The number of amides is 2. The number of methoxy groups -OCH3 is 1. The van der Waals surface area contributed by atoms with Crippen molar-refractivity contribution in [3.8, 4) is 5.75 Å². The summed E-state index contributed by atoms with van der Waals surface area (Å²) in [6.07, 6.45) is 3.07. The highest BCUT2D eigenvalue weighted by Crippen LogP contribution is 2.12. The van der Waals surface area contributed by atoms with Gasteiger partial charge in [-0.2, -0.15) is 0 Å². The Bertz CT molecular complexity index is 771. The Labute approximate surface area is 158 Å². The van der Waals surface area contributed by atoms with Gasteiger partial charge in [-0.1, -0.05) is 35.9 Å². The van der Waals surface area contributed by atoms with Gasteiger partial charge in [0.2, 0.25) is 11.8 Å². The van der Waals surface area contributed by atoms with Crippen LogP contribution < -0.4 is 15.4 Å². The molecular formula is C20H21ClN2O3. The average molecular weight is 373 g/mol. The van der Waals surface area contributed by atoms with Crippen molar-refractivity contribution in [2.45, 2.75) is 19.5 Å². The summed E-state index contributed by atoms with van der Waals surface area (Å²) in [6, 6.07) is 13.9. The molecule has 2 amide bonds. The van der Waals surface area contributed by atoms with E-state index in [1.54, 1.807) is 32.2 Å². The zero-order valence-corrected chi connectivity index (χ0v) is 15.4. The molecule has 136 valence electrons. The average Bonchev–Trinajstić information content (AvgIpc) is 2.66. The summed E-state index contributed by atoms with van der Waals surface area (Å²) >= 11 is 5.82. The second-order valence-corrected chi connectivity index (χ2v) is 6.12. The number of hydrogen-bond donors (Lipinski definition) is 2. The van der Waals surface area contributed by atoms with E-state index in [1.807, 2.05) is 36.4 Å². The van der Waals surface area contributed by atoms with Gasteiger partial charge in [0.15, 0.2) is 0 Å². The number of carbonyl (C=O) groups excluding carboxylic acids is 2. The van der Waals surface area contributed by atoms with Gasteiger partial charge in [-0.05, 0) is 48.4 Å². The van der Waals surface area contributed by atoms with Gasteiger partial charge in [0.25, 0.3) is 0 Å². The number of benzene rings is 2. The van der Waals surface area contributed by atoms with Crippen LogP contribution in [0, 0.1) is 0 Å². The first kappa shape index (κ1) is 19.5. The third-order valence-corrected chi connectivity index (χ3v) is 3.93. The van der Waals surface area contributed by atoms with Crippen LogP contribution in [0.5, 0.6) is 5.75 Å². The lowest BCUT2D eigenvalue weighted by Gasteiger charge is -2.13. The van der Waals surface area contributed by atoms with E-state index in [2.05, 4.69) is 10.6 Å². The molecule has 5 nitrogen and oxygen atoms in total. The third-order valence-electron chi connectivity index (χ3n) is 3.68. The lowest BCUT2D eigenvalue weighted by atomic mass is 10.2. The topological polar surface area (TPSA) is 67.4 Å². The van der Waals surface area contributed by atoms with Crippen molar-refractivity contribution >= 4 is 29.5 Å². The van der Waals surface area contributed by atoms with Gasteiger partial charge in [0.05, 0.1) is 7.11 Å². The third kappa shape index (κ3) is 6.26. The minimum atomic E-state index is -0.643. The Morgan fingerprint density at radius 3 is 2.38 bits per heavy atom. The molecule has 0 fully saturated rings. The standard InChI is InChI=1S/C20H21ClN2O3/c1-14(20(25)22-13-16-3-8-17(21)9-4-16)23-19(24)12-7-15-5-10-18(26-2)11-6-15/h3-12,14H,13H2,1-2H3,(H,22,25)(H,23,24)/b12-7+. The van der Waals surface area contributed by atoms with Crippen molar-refractivity contribution in [3.63, 3.8) is 0 Å². The molecule has 0 radical (unpaired) electrons. The predicted octanol–water partition coefficient (Wildman–Crippen LogP) is 3.18. The number of carbonyl (C=O) groups is 2. The number of rotatable bonds is 7.